The molecule has 3 aromatic carbocycles. The molecule has 0 aliphatic carbocycles. The summed E-state index contributed by atoms with van der Waals surface area (Å²) < 4.78 is 2.31. The smallest absolute Gasteiger partial charge is 0.325 e. The first-order chi connectivity index (χ1) is 15.1. The van der Waals surface area contributed by atoms with E-state index in [1.165, 1.54) is 11.8 Å². The van der Waals surface area contributed by atoms with Crippen molar-refractivity contribution in [3.63, 3.8) is 0 Å². The van der Waals surface area contributed by atoms with Gasteiger partial charge in [0.25, 0.3) is 6.17 Å². The lowest BCUT2D eigenvalue weighted by atomic mass is 10.0. The highest BCUT2D eigenvalue weighted by Crippen LogP contribution is 2.34. The molecule has 0 spiro atoms. The van der Waals surface area contributed by atoms with Gasteiger partial charge in [0.05, 0.1) is 15.7 Å². The maximum atomic E-state index is 13.1. The van der Waals surface area contributed by atoms with Gasteiger partial charge in [-0.05, 0) is 56.5 Å². The monoisotopic (exact) mass is 493 g/mol. The van der Waals surface area contributed by atoms with E-state index < -0.39 is 6.17 Å². The fourth-order valence-electron chi connectivity index (χ4n) is 3.60. The number of anilines is 1. The number of benzene rings is 3. The van der Waals surface area contributed by atoms with Crippen molar-refractivity contribution in [2.45, 2.75) is 17.1 Å². The molecule has 1 aromatic heterocycles. The fourth-order valence-corrected chi connectivity index (χ4v) is 4.80. The van der Waals surface area contributed by atoms with Crippen molar-refractivity contribution >= 4 is 33.4 Å². The quantitative estimate of drug-likeness (QED) is 0.289. The first-order valence-corrected chi connectivity index (χ1v) is 11.5. The lowest BCUT2D eigenvalue weighted by Crippen LogP contribution is -2.55. The molecule has 31 heavy (non-hydrogen) atoms. The lowest BCUT2D eigenvalue weighted by molar-refractivity contribution is -0.759. The van der Waals surface area contributed by atoms with Gasteiger partial charge in [-0.3, -0.25) is 9.78 Å². The van der Waals surface area contributed by atoms with Gasteiger partial charge in [-0.25, -0.2) is 0 Å². The van der Waals surface area contributed by atoms with E-state index >= 15 is 0 Å². The Morgan fingerprint density at radius 2 is 1.84 bits per heavy atom. The molecule has 154 valence electrons. The third-order valence-electron chi connectivity index (χ3n) is 5.09. The molecule has 0 saturated heterocycles. The minimum atomic E-state index is -0.403. The summed E-state index contributed by atoms with van der Waals surface area (Å²) in [6.07, 6.45) is -0.403. The van der Waals surface area contributed by atoms with Crippen LogP contribution in [0.25, 0.3) is 11.3 Å². The molecule has 0 unspecified atom stereocenters. The highest BCUT2D eigenvalue weighted by atomic mass is 79.9. The molecule has 0 amide bonds. The molecular formula is C23H18BrN4O2S+. The summed E-state index contributed by atoms with van der Waals surface area (Å²) in [6.45, 7) is 0. The maximum absolute atomic E-state index is 13.1. The molecule has 0 fully saturated rings. The van der Waals surface area contributed by atoms with E-state index in [0.29, 0.717) is 21.1 Å². The number of halogens is 1. The van der Waals surface area contributed by atoms with E-state index in [2.05, 4.69) is 26.2 Å². The van der Waals surface area contributed by atoms with Crippen LogP contribution in [0.2, 0.25) is 0 Å². The van der Waals surface area contributed by atoms with Gasteiger partial charge in [0.15, 0.2) is 0 Å². The summed E-state index contributed by atoms with van der Waals surface area (Å²) in [6, 6.07) is 23.0. The summed E-state index contributed by atoms with van der Waals surface area (Å²) in [4.78, 5) is 16.1. The van der Waals surface area contributed by atoms with Gasteiger partial charge >= 0.3 is 11.3 Å². The number of aromatic amines is 1. The predicted molar refractivity (Wildman–Crippen MR) is 124 cm³/mol. The summed E-state index contributed by atoms with van der Waals surface area (Å²) in [7, 11) is 0. The molecule has 0 radical (unpaired) electrons. The third-order valence-corrected chi connectivity index (χ3v) is 6.66. The van der Waals surface area contributed by atoms with E-state index in [4.69, 9.17) is 5.10 Å². The highest BCUT2D eigenvalue weighted by Gasteiger charge is 2.37. The van der Waals surface area contributed by atoms with Crippen molar-refractivity contribution in [3.05, 3.63) is 98.7 Å². The van der Waals surface area contributed by atoms with Crippen LogP contribution in [0.1, 0.15) is 17.3 Å². The molecule has 0 bridgehead atoms. The SMILES string of the molecule is O=c1[nH]c(SCc2ccccc2)n[n+]2c1-c1ccccc1N[C@H]2c1ccc(O)c(Br)c1. The number of nitrogens with zero attached hydrogens (tertiary/aromatic N) is 2. The first kappa shape index (κ1) is 19.8. The number of phenolic OH excluding ortho intramolecular Hbond substituents is 1. The zero-order valence-corrected chi connectivity index (χ0v) is 18.7. The standard InChI is InChI=1S/C23H17BrN4O2S/c24-17-12-15(10-11-19(17)29)21-25-18-9-5-4-8-16(18)20-22(30)26-23(27-28(20)21)31-13-14-6-2-1-3-7-14/h1-12,21H,13H2,(H2,26,27,29,30)/p+1/t21-/m1/s1. The maximum Gasteiger partial charge on any atom is 0.325 e. The molecule has 1 aliphatic rings. The number of aromatic nitrogens is 3. The van der Waals surface area contributed by atoms with E-state index in [9.17, 15) is 9.90 Å². The second-order valence-corrected chi connectivity index (χ2v) is 8.95. The number of aromatic hydroxyl groups is 1. The van der Waals surface area contributed by atoms with Crippen molar-refractivity contribution in [2.75, 3.05) is 5.32 Å². The van der Waals surface area contributed by atoms with Crippen molar-refractivity contribution in [1.29, 1.82) is 0 Å². The molecular weight excluding hydrogens is 476 g/mol. The topological polar surface area (TPSA) is 81.9 Å². The van der Waals surface area contributed by atoms with E-state index in [0.717, 1.165) is 22.4 Å². The van der Waals surface area contributed by atoms with Crippen LogP contribution in [-0.2, 0) is 5.75 Å². The van der Waals surface area contributed by atoms with E-state index in [-0.39, 0.29) is 11.3 Å². The zero-order valence-electron chi connectivity index (χ0n) is 16.2. The third kappa shape index (κ3) is 3.84. The highest BCUT2D eigenvalue weighted by molar-refractivity contribution is 9.10. The summed E-state index contributed by atoms with van der Waals surface area (Å²) >= 11 is 4.86. The minimum Gasteiger partial charge on any atom is -0.507 e. The van der Waals surface area contributed by atoms with Crippen molar-refractivity contribution in [1.82, 2.24) is 10.1 Å². The average molecular weight is 494 g/mol. The number of thioether (sulfide) groups is 1. The molecule has 2 heterocycles. The fraction of sp³-hybridized carbons (Fsp3) is 0.0870. The number of H-pyrrole nitrogens is 1. The Kier molecular flexibility index (Phi) is 5.25. The number of hydrogen-bond donors (Lipinski definition) is 3. The largest absolute Gasteiger partial charge is 0.507 e. The summed E-state index contributed by atoms with van der Waals surface area (Å²) in [5.74, 6) is 0.853. The lowest BCUT2D eigenvalue weighted by Gasteiger charge is -2.22. The Morgan fingerprint density at radius 1 is 1.06 bits per heavy atom. The van der Waals surface area contributed by atoms with Gasteiger partial charge in [-0.2, -0.15) is 0 Å². The second-order valence-electron chi connectivity index (χ2n) is 7.13. The Hall–Kier alpha value is -3.10. The van der Waals surface area contributed by atoms with Gasteiger partial charge < -0.3 is 10.4 Å². The molecule has 4 aromatic rings. The Bertz CT molecular complexity index is 1330. The van der Waals surface area contributed by atoms with Crippen LogP contribution in [-0.4, -0.2) is 15.2 Å². The number of hydrogen-bond acceptors (Lipinski definition) is 5. The number of nitrogens with one attached hydrogen (secondary N) is 2. The van der Waals surface area contributed by atoms with Crippen LogP contribution in [0.15, 0.2) is 87.2 Å². The average Bonchev–Trinajstić information content (AvgIpc) is 2.79. The van der Waals surface area contributed by atoms with E-state index in [1.807, 2.05) is 66.7 Å². The van der Waals surface area contributed by atoms with Crippen LogP contribution in [0.5, 0.6) is 5.75 Å². The molecule has 1 atom stereocenters. The van der Waals surface area contributed by atoms with Crippen LogP contribution >= 0.6 is 27.7 Å². The Balaban J connectivity index is 1.61. The second kappa shape index (κ2) is 8.20. The van der Waals surface area contributed by atoms with Crippen LogP contribution in [0.3, 0.4) is 0 Å². The van der Waals surface area contributed by atoms with E-state index in [1.54, 1.807) is 10.7 Å². The minimum absolute atomic E-state index is 0.156. The summed E-state index contributed by atoms with van der Waals surface area (Å²) in [5.41, 5.74) is 3.97. The Labute approximate surface area is 191 Å². The number of phenols is 1. The molecule has 8 heteroatoms. The molecule has 6 nitrogen and oxygen atoms in total. The normalized spacial score (nSPS) is 14.4. The molecule has 3 N–H and O–H groups in total. The predicted octanol–water partition coefficient (Wildman–Crippen LogP) is 4.46. The number of fused-ring (bicyclic) bond motifs is 3. The molecule has 5 rings (SSSR count). The molecule has 0 saturated carbocycles. The van der Waals surface area contributed by atoms with Gasteiger partial charge in [-0.1, -0.05) is 54.2 Å². The van der Waals surface area contributed by atoms with Gasteiger partial charge in [0, 0.05) is 16.4 Å². The van der Waals surface area contributed by atoms with Crippen molar-refractivity contribution in [2.24, 2.45) is 0 Å². The zero-order chi connectivity index (χ0) is 21.4. The van der Waals surface area contributed by atoms with Gasteiger partial charge in [-0.15, -0.1) is 0 Å². The first-order valence-electron chi connectivity index (χ1n) is 9.67. The van der Waals surface area contributed by atoms with Gasteiger partial charge in [0.1, 0.15) is 5.75 Å². The number of para-hydroxylation sites is 1. The van der Waals surface area contributed by atoms with Gasteiger partial charge in [0.2, 0.25) is 5.16 Å². The Morgan fingerprint density at radius 3 is 2.65 bits per heavy atom. The van der Waals surface area contributed by atoms with Crippen LogP contribution in [0, 0.1) is 0 Å². The number of rotatable bonds is 4. The van der Waals surface area contributed by atoms with Crippen molar-refractivity contribution < 1.29 is 9.79 Å². The summed E-state index contributed by atoms with van der Waals surface area (Å²) in [5, 5.41) is 18.7. The molecule has 1 aliphatic heterocycles. The van der Waals surface area contributed by atoms with Crippen molar-refractivity contribution in [3.8, 4) is 17.0 Å². The van der Waals surface area contributed by atoms with Crippen LogP contribution in [0.4, 0.5) is 5.69 Å². The van der Waals surface area contributed by atoms with Crippen LogP contribution < -0.4 is 15.6 Å².